The number of nitrogens with zero attached hydrogens (tertiary/aromatic N) is 3. The molecule has 0 fully saturated rings. The van der Waals surface area contributed by atoms with Crippen molar-refractivity contribution in [1.82, 2.24) is 15.0 Å². The summed E-state index contributed by atoms with van der Waals surface area (Å²) in [4.78, 5) is 0. The van der Waals surface area contributed by atoms with E-state index >= 15 is 0 Å². The lowest BCUT2D eigenvalue weighted by atomic mass is 10.3. The van der Waals surface area contributed by atoms with Gasteiger partial charge in [0, 0.05) is 20.3 Å². The van der Waals surface area contributed by atoms with Crippen LogP contribution in [-0.2, 0) is 11.3 Å². The van der Waals surface area contributed by atoms with Crippen molar-refractivity contribution in [3.05, 3.63) is 24.3 Å². The van der Waals surface area contributed by atoms with E-state index in [1.807, 2.05) is 28.9 Å². The fourth-order valence-corrected chi connectivity index (χ4v) is 1.44. The molecule has 14 heavy (non-hydrogen) atoms. The lowest BCUT2D eigenvalue weighted by Gasteiger charge is -2.00. The van der Waals surface area contributed by atoms with Gasteiger partial charge in [-0.15, -0.1) is 5.10 Å². The Labute approximate surface area is 82.5 Å². The number of hydrogen-bond acceptors (Lipinski definition) is 3. The normalized spacial score (nSPS) is 10.9. The Balaban J connectivity index is 2.17. The molecule has 0 N–H and O–H groups in total. The largest absolute Gasteiger partial charge is 0.385 e. The summed E-state index contributed by atoms with van der Waals surface area (Å²) < 4.78 is 6.90. The average Bonchev–Trinajstić information content (AvgIpc) is 2.63. The van der Waals surface area contributed by atoms with Crippen LogP contribution in [0.25, 0.3) is 11.0 Å². The van der Waals surface area contributed by atoms with Crippen LogP contribution in [0, 0.1) is 0 Å². The number of rotatable bonds is 4. The van der Waals surface area contributed by atoms with Crippen molar-refractivity contribution in [2.75, 3.05) is 13.7 Å². The van der Waals surface area contributed by atoms with E-state index < -0.39 is 0 Å². The lowest BCUT2D eigenvalue weighted by molar-refractivity contribution is 0.189. The van der Waals surface area contributed by atoms with Crippen LogP contribution in [0.1, 0.15) is 6.42 Å². The molecule has 0 aliphatic carbocycles. The van der Waals surface area contributed by atoms with Crippen molar-refractivity contribution in [2.45, 2.75) is 13.0 Å². The van der Waals surface area contributed by atoms with Crippen molar-refractivity contribution in [1.29, 1.82) is 0 Å². The molecule has 74 valence electrons. The van der Waals surface area contributed by atoms with Crippen LogP contribution in [0.5, 0.6) is 0 Å². The second-order valence-corrected chi connectivity index (χ2v) is 3.15. The molecule has 4 nitrogen and oxygen atoms in total. The molecule has 1 aromatic heterocycles. The number of hydrogen-bond donors (Lipinski definition) is 0. The van der Waals surface area contributed by atoms with E-state index in [4.69, 9.17) is 4.74 Å². The van der Waals surface area contributed by atoms with Crippen LogP contribution in [0.4, 0.5) is 0 Å². The zero-order valence-corrected chi connectivity index (χ0v) is 8.18. The van der Waals surface area contributed by atoms with Gasteiger partial charge in [-0.3, -0.25) is 0 Å². The fraction of sp³-hybridized carbons (Fsp3) is 0.400. The second-order valence-electron chi connectivity index (χ2n) is 3.15. The summed E-state index contributed by atoms with van der Waals surface area (Å²) in [6.45, 7) is 1.61. The molecule has 0 atom stereocenters. The average molecular weight is 191 g/mol. The topological polar surface area (TPSA) is 39.9 Å². The van der Waals surface area contributed by atoms with E-state index in [1.165, 1.54) is 0 Å². The van der Waals surface area contributed by atoms with Crippen molar-refractivity contribution in [2.24, 2.45) is 0 Å². The van der Waals surface area contributed by atoms with Crippen molar-refractivity contribution < 1.29 is 4.74 Å². The van der Waals surface area contributed by atoms with Crippen LogP contribution in [-0.4, -0.2) is 28.7 Å². The molecule has 0 aliphatic heterocycles. The molecule has 1 heterocycles. The van der Waals surface area contributed by atoms with Gasteiger partial charge < -0.3 is 4.74 Å². The number of ether oxygens (including phenoxy) is 1. The summed E-state index contributed by atoms with van der Waals surface area (Å²) >= 11 is 0. The smallest absolute Gasteiger partial charge is 0.113 e. The van der Waals surface area contributed by atoms with Crippen molar-refractivity contribution in [3.63, 3.8) is 0 Å². The van der Waals surface area contributed by atoms with Gasteiger partial charge in [-0.2, -0.15) is 0 Å². The highest BCUT2D eigenvalue weighted by molar-refractivity contribution is 5.73. The van der Waals surface area contributed by atoms with E-state index in [2.05, 4.69) is 10.3 Å². The molecule has 4 heteroatoms. The minimum absolute atomic E-state index is 0.758. The third-order valence-corrected chi connectivity index (χ3v) is 2.14. The van der Waals surface area contributed by atoms with Crippen LogP contribution in [0.15, 0.2) is 24.3 Å². The van der Waals surface area contributed by atoms with Crippen LogP contribution in [0.2, 0.25) is 0 Å². The summed E-state index contributed by atoms with van der Waals surface area (Å²) in [5.41, 5.74) is 2.04. The van der Waals surface area contributed by atoms with Crippen LogP contribution >= 0.6 is 0 Å². The molecule has 0 saturated carbocycles. The van der Waals surface area contributed by atoms with Crippen molar-refractivity contribution in [3.8, 4) is 0 Å². The fourth-order valence-electron chi connectivity index (χ4n) is 1.44. The first-order chi connectivity index (χ1) is 6.92. The minimum atomic E-state index is 0.758. The van der Waals surface area contributed by atoms with Gasteiger partial charge >= 0.3 is 0 Å². The summed E-state index contributed by atoms with van der Waals surface area (Å²) in [6.07, 6.45) is 0.962. The van der Waals surface area contributed by atoms with E-state index in [0.29, 0.717) is 0 Å². The standard InChI is InChI=1S/C10H13N3O/c1-14-8-4-7-13-10-6-3-2-5-9(10)11-12-13/h2-3,5-6H,4,7-8H2,1H3. The van der Waals surface area contributed by atoms with Crippen molar-refractivity contribution >= 4 is 11.0 Å². The Kier molecular flexibility index (Phi) is 2.74. The maximum absolute atomic E-state index is 4.99. The van der Waals surface area contributed by atoms with Gasteiger partial charge in [-0.1, -0.05) is 17.3 Å². The molecule has 0 radical (unpaired) electrons. The Morgan fingerprint density at radius 2 is 2.21 bits per heavy atom. The number of methoxy groups -OCH3 is 1. The van der Waals surface area contributed by atoms with E-state index in [1.54, 1.807) is 7.11 Å². The molecule has 2 rings (SSSR count). The number of aromatic nitrogens is 3. The minimum Gasteiger partial charge on any atom is -0.385 e. The molecular formula is C10H13N3O. The Morgan fingerprint density at radius 3 is 3.07 bits per heavy atom. The molecule has 0 spiro atoms. The predicted octanol–water partition coefficient (Wildman–Crippen LogP) is 1.47. The Hall–Kier alpha value is -1.42. The highest BCUT2D eigenvalue weighted by Crippen LogP contribution is 2.09. The first kappa shape index (κ1) is 9.15. The van der Waals surface area contributed by atoms with E-state index in [9.17, 15) is 0 Å². The summed E-state index contributed by atoms with van der Waals surface area (Å²) in [6, 6.07) is 7.96. The van der Waals surface area contributed by atoms with Gasteiger partial charge in [-0.25, -0.2) is 4.68 Å². The van der Waals surface area contributed by atoms with Crippen LogP contribution in [0.3, 0.4) is 0 Å². The number of aryl methyl sites for hydroxylation is 1. The van der Waals surface area contributed by atoms with E-state index in [0.717, 1.165) is 30.6 Å². The molecule has 2 aromatic rings. The summed E-state index contributed by atoms with van der Waals surface area (Å²) in [7, 11) is 1.71. The van der Waals surface area contributed by atoms with E-state index in [-0.39, 0.29) is 0 Å². The third-order valence-electron chi connectivity index (χ3n) is 2.14. The molecule has 0 aliphatic rings. The molecule has 0 saturated heterocycles. The Morgan fingerprint density at radius 1 is 1.36 bits per heavy atom. The highest BCUT2D eigenvalue weighted by Gasteiger charge is 2.01. The molecule has 0 bridgehead atoms. The number of benzene rings is 1. The monoisotopic (exact) mass is 191 g/mol. The van der Waals surface area contributed by atoms with Crippen LogP contribution < -0.4 is 0 Å². The maximum Gasteiger partial charge on any atom is 0.113 e. The molecular weight excluding hydrogens is 178 g/mol. The first-order valence-electron chi connectivity index (χ1n) is 4.69. The molecule has 0 unspecified atom stereocenters. The molecule has 0 amide bonds. The van der Waals surface area contributed by atoms with Gasteiger partial charge in [-0.05, 0) is 18.6 Å². The number of fused-ring (bicyclic) bond motifs is 1. The summed E-state index contributed by atoms with van der Waals surface area (Å²) in [5, 5.41) is 8.15. The first-order valence-corrected chi connectivity index (χ1v) is 4.69. The quantitative estimate of drug-likeness (QED) is 0.687. The zero-order valence-electron chi connectivity index (χ0n) is 8.18. The van der Waals surface area contributed by atoms with Gasteiger partial charge in [0.15, 0.2) is 0 Å². The van der Waals surface area contributed by atoms with Gasteiger partial charge in [0.25, 0.3) is 0 Å². The predicted molar refractivity (Wildman–Crippen MR) is 54.0 cm³/mol. The highest BCUT2D eigenvalue weighted by atomic mass is 16.5. The second kappa shape index (κ2) is 4.19. The Bertz CT molecular complexity index is 410. The van der Waals surface area contributed by atoms with Gasteiger partial charge in [0.2, 0.25) is 0 Å². The third kappa shape index (κ3) is 1.75. The SMILES string of the molecule is COCCCn1nnc2ccccc21. The number of para-hydroxylation sites is 1. The molecule has 1 aromatic carbocycles. The zero-order chi connectivity index (χ0) is 9.80. The van der Waals surface area contributed by atoms with Gasteiger partial charge in [0.1, 0.15) is 5.52 Å². The lowest BCUT2D eigenvalue weighted by Crippen LogP contribution is -2.03. The summed E-state index contributed by atoms with van der Waals surface area (Å²) in [5.74, 6) is 0. The maximum atomic E-state index is 4.99. The van der Waals surface area contributed by atoms with Gasteiger partial charge in [0.05, 0.1) is 5.52 Å².